The molecule has 0 aromatic carbocycles. The average Bonchev–Trinajstić information content (AvgIpc) is 3.05. The third kappa shape index (κ3) is 4.09. The van der Waals surface area contributed by atoms with E-state index in [1.807, 2.05) is 11.8 Å². The molecular weight excluding hydrogens is 298 g/mol. The van der Waals surface area contributed by atoms with Gasteiger partial charge in [-0.25, -0.2) is 9.78 Å². The second-order valence-corrected chi connectivity index (χ2v) is 7.13. The molecule has 118 valence electrons. The van der Waals surface area contributed by atoms with E-state index in [1.54, 1.807) is 7.05 Å². The zero-order chi connectivity index (χ0) is 15.5. The standard InChI is InChI=1S/C13H20F2N4OS/c1-13(4-3-7-21-13)9-17-12(20)18(2)8-10-16-5-6-19(10)11(14)15/h5-6,11H,3-4,7-9H2,1-2H3,(H,17,20). The number of aromatic nitrogens is 2. The van der Waals surface area contributed by atoms with E-state index in [-0.39, 0.29) is 23.1 Å². The highest BCUT2D eigenvalue weighted by molar-refractivity contribution is 8.00. The van der Waals surface area contributed by atoms with Gasteiger partial charge in [-0.05, 0) is 25.5 Å². The van der Waals surface area contributed by atoms with Gasteiger partial charge in [-0.2, -0.15) is 20.5 Å². The van der Waals surface area contributed by atoms with Crippen LogP contribution in [0.4, 0.5) is 13.6 Å². The lowest BCUT2D eigenvalue weighted by Crippen LogP contribution is -2.43. The van der Waals surface area contributed by atoms with Crippen LogP contribution in [0.25, 0.3) is 0 Å². The van der Waals surface area contributed by atoms with Crippen LogP contribution in [0.3, 0.4) is 0 Å². The first-order valence-electron chi connectivity index (χ1n) is 6.84. The predicted octanol–water partition coefficient (Wildman–Crippen LogP) is 2.71. The minimum Gasteiger partial charge on any atom is -0.337 e. The molecular formula is C13H20F2N4OS. The fourth-order valence-corrected chi connectivity index (χ4v) is 3.55. The summed E-state index contributed by atoms with van der Waals surface area (Å²) >= 11 is 1.86. The molecule has 0 saturated carbocycles. The Morgan fingerprint density at radius 2 is 2.43 bits per heavy atom. The van der Waals surface area contributed by atoms with Crippen molar-refractivity contribution in [2.75, 3.05) is 19.3 Å². The van der Waals surface area contributed by atoms with Gasteiger partial charge in [-0.15, -0.1) is 0 Å². The minimum absolute atomic E-state index is 0.0486. The summed E-state index contributed by atoms with van der Waals surface area (Å²) in [4.78, 5) is 17.3. The van der Waals surface area contributed by atoms with E-state index in [9.17, 15) is 13.6 Å². The average molecular weight is 318 g/mol. The van der Waals surface area contributed by atoms with E-state index in [2.05, 4.69) is 17.2 Å². The van der Waals surface area contributed by atoms with Crippen molar-refractivity contribution in [3.63, 3.8) is 0 Å². The Kier molecular flexibility index (Phi) is 5.08. The van der Waals surface area contributed by atoms with Gasteiger partial charge in [0, 0.05) is 30.7 Å². The summed E-state index contributed by atoms with van der Waals surface area (Å²) in [6, 6.07) is -0.271. The Bertz CT molecular complexity index is 488. The molecule has 2 rings (SSSR count). The summed E-state index contributed by atoms with van der Waals surface area (Å²) in [7, 11) is 1.57. The quantitative estimate of drug-likeness (QED) is 0.908. The maximum Gasteiger partial charge on any atom is 0.319 e. The van der Waals surface area contributed by atoms with Crippen molar-refractivity contribution >= 4 is 17.8 Å². The fourth-order valence-electron chi connectivity index (χ4n) is 2.30. The van der Waals surface area contributed by atoms with Gasteiger partial charge < -0.3 is 10.2 Å². The van der Waals surface area contributed by atoms with Crippen LogP contribution in [0.5, 0.6) is 0 Å². The zero-order valence-corrected chi connectivity index (χ0v) is 13.0. The van der Waals surface area contributed by atoms with Crippen LogP contribution in [0.2, 0.25) is 0 Å². The van der Waals surface area contributed by atoms with Gasteiger partial charge in [0.15, 0.2) is 0 Å². The van der Waals surface area contributed by atoms with E-state index >= 15 is 0 Å². The molecule has 0 bridgehead atoms. The lowest BCUT2D eigenvalue weighted by Gasteiger charge is -2.25. The number of carbonyl (C=O) groups excluding carboxylic acids is 1. The van der Waals surface area contributed by atoms with Crippen LogP contribution in [0.15, 0.2) is 12.4 Å². The molecule has 1 aromatic rings. The molecule has 8 heteroatoms. The van der Waals surface area contributed by atoms with Crippen molar-refractivity contribution in [2.24, 2.45) is 0 Å². The maximum atomic E-state index is 12.7. The molecule has 1 atom stereocenters. The van der Waals surface area contributed by atoms with E-state index in [0.29, 0.717) is 6.54 Å². The van der Waals surface area contributed by atoms with E-state index < -0.39 is 6.55 Å². The van der Waals surface area contributed by atoms with E-state index in [4.69, 9.17) is 0 Å². The lowest BCUT2D eigenvalue weighted by molar-refractivity contribution is 0.0651. The molecule has 5 nitrogen and oxygen atoms in total. The Morgan fingerprint density at radius 1 is 1.67 bits per heavy atom. The number of halogens is 2. The van der Waals surface area contributed by atoms with Crippen molar-refractivity contribution < 1.29 is 13.6 Å². The molecule has 0 radical (unpaired) electrons. The second-order valence-electron chi connectivity index (χ2n) is 5.45. The van der Waals surface area contributed by atoms with Crippen LogP contribution in [0, 0.1) is 0 Å². The maximum absolute atomic E-state index is 12.7. The van der Waals surface area contributed by atoms with Crippen LogP contribution >= 0.6 is 11.8 Å². The summed E-state index contributed by atoms with van der Waals surface area (Å²) in [6.07, 6.45) is 4.77. The number of nitrogens with one attached hydrogen (secondary N) is 1. The van der Waals surface area contributed by atoms with Crippen LogP contribution in [-0.2, 0) is 6.54 Å². The number of hydrogen-bond donors (Lipinski definition) is 1. The van der Waals surface area contributed by atoms with Gasteiger partial charge in [0.25, 0.3) is 0 Å². The lowest BCUT2D eigenvalue weighted by atomic mass is 10.1. The first kappa shape index (κ1) is 16.1. The first-order chi connectivity index (χ1) is 9.91. The predicted molar refractivity (Wildman–Crippen MR) is 78.4 cm³/mol. The highest BCUT2D eigenvalue weighted by Gasteiger charge is 2.30. The first-order valence-corrected chi connectivity index (χ1v) is 7.83. The number of nitrogens with zero attached hydrogens (tertiary/aromatic N) is 3. The molecule has 0 aliphatic carbocycles. The number of carbonyl (C=O) groups is 1. The van der Waals surface area contributed by atoms with E-state index in [1.165, 1.54) is 23.7 Å². The monoisotopic (exact) mass is 318 g/mol. The van der Waals surface area contributed by atoms with Gasteiger partial charge in [-0.1, -0.05) is 0 Å². The van der Waals surface area contributed by atoms with Gasteiger partial charge in [0.05, 0.1) is 6.54 Å². The number of imidazole rings is 1. The number of urea groups is 1. The van der Waals surface area contributed by atoms with Crippen molar-refractivity contribution in [1.82, 2.24) is 19.8 Å². The molecule has 1 aliphatic heterocycles. The van der Waals surface area contributed by atoms with Crippen LogP contribution in [0.1, 0.15) is 32.1 Å². The molecule has 21 heavy (non-hydrogen) atoms. The van der Waals surface area contributed by atoms with Crippen molar-refractivity contribution in [2.45, 2.75) is 37.6 Å². The Balaban J connectivity index is 1.86. The molecule has 2 amide bonds. The van der Waals surface area contributed by atoms with Crippen LogP contribution < -0.4 is 5.32 Å². The Labute approximate surface area is 127 Å². The van der Waals surface area contributed by atoms with Crippen molar-refractivity contribution in [3.05, 3.63) is 18.2 Å². The third-order valence-corrected chi connectivity index (χ3v) is 5.14. The van der Waals surface area contributed by atoms with Gasteiger partial charge >= 0.3 is 12.6 Å². The van der Waals surface area contributed by atoms with Crippen LogP contribution in [-0.4, -0.2) is 44.6 Å². The van der Waals surface area contributed by atoms with Gasteiger partial charge in [0.2, 0.25) is 0 Å². The topological polar surface area (TPSA) is 50.2 Å². The summed E-state index contributed by atoms with van der Waals surface area (Å²) in [5.41, 5.74) is 0. The number of alkyl halides is 2. The summed E-state index contributed by atoms with van der Waals surface area (Å²) in [6.45, 7) is 0.124. The fraction of sp³-hybridized carbons (Fsp3) is 0.692. The number of hydrogen-bond acceptors (Lipinski definition) is 3. The van der Waals surface area contributed by atoms with Crippen molar-refractivity contribution in [3.8, 4) is 0 Å². The third-order valence-electron chi connectivity index (χ3n) is 3.60. The molecule has 1 saturated heterocycles. The summed E-state index contributed by atoms with van der Waals surface area (Å²) in [5, 5.41) is 2.87. The second kappa shape index (κ2) is 6.64. The molecule has 1 fully saturated rings. The van der Waals surface area contributed by atoms with Gasteiger partial charge in [-0.3, -0.25) is 4.57 Å². The number of rotatable bonds is 5. The van der Waals surface area contributed by atoms with Crippen molar-refractivity contribution in [1.29, 1.82) is 0 Å². The Morgan fingerprint density at radius 3 is 3.05 bits per heavy atom. The molecule has 0 spiro atoms. The molecule has 2 heterocycles. The highest BCUT2D eigenvalue weighted by Crippen LogP contribution is 2.36. The smallest absolute Gasteiger partial charge is 0.319 e. The Hall–Kier alpha value is -1.31. The van der Waals surface area contributed by atoms with Gasteiger partial charge in [0.1, 0.15) is 5.82 Å². The molecule has 1 aromatic heterocycles. The SMILES string of the molecule is CN(Cc1nccn1C(F)F)C(=O)NCC1(C)CCCS1. The normalized spacial score (nSPS) is 21.8. The molecule has 1 unspecified atom stereocenters. The molecule has 1 N–H and O–H groups in total. The zero-order valence-electron chi connectivity index (χ0n) is 12.2. The summed E-state index contributed by atoms with van der Waals surface area (Å²) in [5.74, 6) is 1.29. The highest BCUT2D eigenvalue weighted by atomic mass is 32.2. The number of thioether (sulfide) groups is 1. The number of amides is 2. The largest absolute Gasteiger partial charge is 0.337 e. The summed E-state index contributed by atoms with van der Waals surface area (Å²) < 4.78 is 26.3. The molecule has 1 aliphatic rings. The minimum atomic E-state index is -2.65. The van der Waals surface area contributed by atoms with E-state index in [0.717, 1.165) is 16.7 Å².